The van der Waals surface area contributed by atoms with Gasteiger partial charge in [0.05, 0.1) is 12.2 Å². The lowest BCUT2D eigenvalue weighted by molar-refractivity contribution is -0.122. The topological polar surface area (TPSA) is 64.6 Å². The fourth-order valence-electron chi connectivity index (χ4n) is 2.89. The number of nitrogens with one attached hydrogen (secondary N) is 1. The minimum absolute atomic E-state index is 0.267. The highest BCUT2D eigenvalue weighted by Gasteiger charge is 2.19. The van der Waals surface area contributed by atoms with Crippen LogP contribution in [0.15, 0.2) is 66.7 Å². The SMILES string of the molecule is CCOC(=O)c1cccc(NC(=O)C(CC)Oc2ccc3ccccc3c2)c1. The zero-order valence-corrected chi connectivity index (χ0v) is 16.0. The van der Waals surface area contributed by atoms with E-state index in [0.717, 1.165) is 10.8 Å². The van der Waals surface area contributed by atoms with Crippen LogP contribution in [0.3, 0.4) is 0 Å². The first-order valence-corrected chi connectivity index (χ1v) is 9.34. The highest BCUT2D eigenvalue weighted by Crippen LogP contribution is 2.22. The molecule has 3 rings (SSSR count). The molecule has 0 heterocycles. The molecule has 0 aliphatic rings. The molecule has 0 saturated heterocycles. The molecule has 0 bridgehead atoms. The van der Waals surface area contributed by atoms with Gasteiger partial charge < -0.3 is 14.8 Å². The molecular weight excluding hydrogens is 354 g/mol. The van der Waals surface area contributed by atoms with Gasteiger partial charge in [-0.25, -0.2) is 4.79 Å². The van der Waals surface area contributed by atoms with Crippen molar-refractivity contribution in [3.63, 3.8) is 0 Å². The molecule has 5 nitrogen and oxygen atoms in total. The summed E-state index contributed by atoms with van der Waals surface area (Å²) >= 11 is 0. The van der Waals surface area contributed by atoms with E-state index in [1.54, 1.807) is 31.2 Å². The number of ether oxygens (including phenoxy) is 2. The number of esters is 1. The van der Waals surface area contributed by atoms with Gasteiger partial charge in [-0.15, -0.1) is 0 Å². The van der Waals surface area contributed by atoms with E-state index >= 15 is 0 Å². The largest absolute Gasteiger partial charge is 0.481 e. The maximum Gasteiger partial charge on any atom is 0.338 e. The van der Waals surface area contributed by atoms with Crippen molar-refractivity contribution in [2.75, 3.05) is 11.9 Å². The predicted octanol–water partition coefficient (Wildman–Crippen LogP) is 4.81. The lowest BCUT2D eigenvalue weighted by Gasteiger charge is -2.18. The number of fused-ring (bicyclic) bond motifs is 1. The minimum Gasteiger partial charge on any atom is -0.481 e. The Hall–Kier alpha value is -3.34. The Labute approximate surface area is 164 Å². The smallest absolute Gasteiger partial charge is 0.338 e. The van der Waals surface area contributed by atoms with Gasteiger partial charge in [0.15, 0.2) is 6.10 Å². The second-order valence-corrected chi connectivity index (χ2v) is 6.31. The van der Waals surface area contributed by atoms with Crippen molar-refractivity contribution in [3.8, 4) is 5.75 Å². The number of benzene rings is 3. The van der Waals surface area contributed by atoms with E-state index in [-0.39, 0.29) is 5.91 Å². The summed E-state index contributed by atoms with van der Waals surface area (Å²) < 4.78 is 10.9. The molecule has 0 aliphatic carbocycles. The van der Waals surface area contributed by atoms with Crippen molar-refractivity contribution in [1.82, 2.24) is 0 Å². The number of hydrogen-bond donors (Lipinski definition) is 1. The third-order valence-corrected chi connectivity index (χ3v) is 4.30. The molecule has 0 saturated carbocycles. The molecule has 0 aromatic heterocycles. The van der Waals surface area contributed by atoms with E-state index in [1.165, 1.54) is 0 Å². The van der Waals surface area contributed by atoms with Gasteiger partial charge in [-0.1, -0.05) is 43.3 Å². The first-order chi connectivity index (χ1) is 13.6. The first kappa shape index (κ1) is 19.4. The van der Waals surface area contributed by atoms with Crippen LogP contribution >= 0.6 is 0 Å². The van der Waals surface area contributed by atoms with Crippen molar-refractivity contribution < 1.29 is 19.1 Å². The van der Waals surface area contributed by atoms with Gasteiger partial charge in [-0.2, -0.15) is 0 Å². The fourth-order valence-corrected chi connectivity index (χ4v) is 2.89. The maximum atomic E-state index is 12.7. The highest BCUT2D eigenvalue weighted by atomic mass is 16.5. The number of carbonyl (C=O) groups is 2. The third-order valence-electron chi connectivity index (χ3n) is 4.30. The Morgan fingerprint density at radius 3 is 2.46 bits per heavy atom. The van der Waals surface area contributed by atoms with Crippen molar-refractivity contribution in [2.45, 2.75) is 26.4 Å². The molecule has 144 valence electrons. The van der Waals surface area contributed by atoms with E-state index in [9.17, 15) is 9.59 Å². The molecule has 0 fully saturated rings. The Morgan fingerprint density at radius 2 is 1.71 bits per heavy atom. The van der Waals surface area contributed by atoms with Crippen LogP contribution in [0.2, 0.25) is 0 Å². The van der Waals surface area contributed by atoms with Gasteiger partial charge in [0.25, 0.3) is 5.91 Å². The van der Waals surface area contributed by atoms with Crippen LogP contribution in [0, 0.1) is 0 Å². The number of rotatable bonds is 7. The average Bonchev–Trinajstić information content (AvgIpc) is 2.72. The molecule has 1 atom stereocenters. The third kappa shape index (κ3) is 4.68. The molecule has 0 aliphatic heterocycles. The summed E-state index contributed by atoms with van der Waals surface area (Å²) in [6.07, 6.45) is -0.136. The van der Waals surface area contributed by atoms with E-state index in [2.05, 4.69) is 5.32 Å². The zero-order valence-electron chi connectivity index (χ0n) is 16.0. The Balaban J connectivity index is 1.71. The summed E-state index contributed by atoms with van der Waals surface area (Å²) in [5.41, 5.74) is 0.916. The van der Waals surface area contributed by atoms with Crippen molar-refractivity contribution in [3.05, 3.63) is 72.3 Å². The standard InChI is InChI=1S/C23H23NO4/c1-3-21(28-20-13-12-16-8-5-6-9-17(16)15-20)22(25)24-19-11-7-10-18(14-19)23(26)27-4-2/h5-15,21H,3-4H2,1-2H3,(H,24,25). The Bertz CT molecular complexity index is 983. The molecule has 1 unspecified atom stereocenters. The molecule has 3 aromatic carbocycles. The molecule has 3 aromatic rings. The van der Waals surface area contributed by atoms with Crippen LogP contribution in [-0.4, -0.2) is 24.6 Å². The van der Waals surface area contributed by atoms with Crippen molar-refractivity contribution in [1.29, 1.82) is 0 Å². The Morgan fingerprint density at radius 1 is 0.929 bits per heavy atom. The Kier molecular flexibility index (Phi) is 6.27. The van der Waals surface area contributed by atoms with Crippen molar-refractivity contribution >= 4 is 28.3 Å². The lowest BCUT2D eigenvalue weighted by atomic mass is 10.1. The summed E-state index contributed by atoms with van der Waals surface area (Å²) in [4.78, 5) is 24.5. The highest BCUT2D eigenvalue weighted by molar-refractivity contribution is 5.96. The minimum atomic E-state index is -0.646. The predicted molar refractivity (Wildman–Crippen MR) is 110 cm³/mol. The zero-order chi connectivity index (χ0) is 19.9. The average molecular weight is 377 g/mol. The number of hydrogen-bond acceptors (Lipinski definition) is 4. The van der Waals surface area contributed by atoms with Gasteiger partial charge in [0, 0.05) is 5.69 Å². The lowest BCUT2D eigenvalue weighted by Crippen LogP contribution is -2.32. The molecule has 1 N–H and O–H groups in total. The molecular formula is C23H23NO4. The van der Waals surface area contributed by atoms with Gasteiger partial charge in [0.2, 0.25) is 0 Å². The molecule has 0 radical (unpaired) electrons. The van der Waals surface area contributed by atoms with Crippen LogP contribution in [0.4, 0.5) is 5.69 Å². The molecule has 5 heteroatoms. The maximum absolute atomic E-state index is 12.7. The van der Waals surface area contributed by atoms with Gasteiger partial charge in [0.1, 0.15) is 5.75 Å². The second kappa shape index (κ2) is 9.04. The summed E-state index contributed by atoms with van der Waals surface area (Å²) in [5, 5.41) is 4.98. The summed E-state index contributed by atoms with van der Waals surface area (Å²) in [6.45, 7) is 3.94. The number of carbonyl (C=O) groups excluding carboxylic acids is 2. The molecule has 0 spiro atoms. The molecule has 28 heavy (non-hydrogen) atoms. The second-order valence-electron chi connectivity index (χ2n) is 6.31. The first-order valence-electron chi connectivity index (χ1n) is 9.34. The van der Waals surface area contributed by atoms with Crippen molar-refractivity contribution in [2.24, 2.45) is 0 Å². The number of anilines is 1. The summed E-state index contributed by atoms with van der Waals surface area (Å²) in [6, 6.07) is 20.4. The van der Waals surface area contributed by atoms with E-state index in [4.69, 9.17) is 9.47 Å². The van der Waals surface area contributed by atoms with Crippen LogP contribution in [-0.2, 0) is 9.53 Å². The number of amides is 1. The van der Waals surface area contributed by atoms with Crippen LogP contribution in [0.5, 0.6) is 5.75 Å². The summed E-state index contributed by atoms with van der Waals surface area (Å²) in [5.74, 6) is -0.0457. The normalized spacial score (nSPS) is 11.6. The van der Waals surface area contributed by atoms with E-state index < -0.39 is 12.1 Å². The summed E-state index contributed by atoms with van der Waals surface area (Å²) in [7, 11) is 0. The van der Waals surface area contributed by atoms with Gasteiger partial charge in [-0.05, 0) is 54.4 Å². The molecule has 1 amide bonds. The van der Waals surface area contributed by atoms with Crippen LogP contribution in [0.1, 0.15) is 30.6 Å². The fraction of sp³-hybridized carbons (Fsp3) is 0.217. The van der Waals surface area contributed by atoms with Gasteiger partial charge >= 0.3 is 5.97 Å². The quantitative estimate of drug-likeness (QED) is 0.600. The van der Waals surface area contributed by atoms with Crippen LogP contribution in [0.25, 0.3) is 10.8 Å². The monoisotopic (exact) mass is 377 g/mol. The van der Waals surface area contributed by atoms with E-state index in [1.807, 2.05) is 49.4 Å². The van der Waals surface area contributed by atoms with Gasteiger partial charge in [-0.3, -0.25) is 4.79 Å². The van der Waals surface area contributed by atoms with E-state index in [0.29, 0.717) is 30.0 Å². The van der Waals surface area contributed by atoms with Crippen LogP contribution < -0.4 is 10.1 Å².